The molecule has 0 amide bonds. The van der Waals surface area contributed by atoms with E-state index in [9.17, 15) is 9.59 Å². The van der Waals surface area contributed by atoms with Crippen LogP contribution in [0.5, 0.6) is 0 Å². The van der Waals surface area contributed by atoms with Gasteiger partial charge in [0, 0.05) is 124 Å². The number of hydrogen-bond donors (Lipinski definition) is 1. The first-order chi connectivity index (χ1) is 4.29. The number of hydrogen-bond acceptors (Lipinski definition) is 5. The average Bonchev–Trinajstić information content (AvgIpc) is 1.97. The number of nitrogens with one attached hydrogen (secondary N) is 1. The van der Waals surface area contributed by atoms with Crippen LogP contribution in [0.4, 0.5) is 0 Å². The molecular formula is C4H5NNa4O4. The van der Waals surface area contributed by atoms with Crippen molar-refractivity contribution in [2.75, 3.05) is 0 Å². The molecule has 4 radical (unpaired) electrons. The Morgan fingerprint density at radius 3 is 1.46 bits per heavy atom. The van der Waals surface area contributed by atoms with Gasteiger partial charge in [-0.1, -0.05) is 0 Å². The number of carbonyl (C=O) groups is 2. The molecule has 1 rings (SSSR count). The zero-order chi connectivity index (χ0) is 6.69. The molecule has 1 fully saturated rings. The van der Waals surface area contributed by atoms with Crippen LogP contribution in [0.25, 0.3) is 0 Å². The van der Waals surface area contributed by atoms with E-state index in [1.54, 1.807) is 5.64 Å². The van der Waals surface area contributed by atoms with Gasteiger partial charge in [-0.25, -0.2) is 0 Å². The largest absolute Gasteiger partial charge is 0.335 e. The van der Waals surface area contributed by atoms with Crippen LogP contribution in [-0.2, 0) is 19.3 Å². The van der Waals surface area contributed by atoms with E-state index in [2.05, 4.69) is 9.68 Å². The van der Waals surface area contributed by atoms with Gasteiger partial charge < -0.3 is 9.68 Å². The summed E-state index contributed by atoms with van der Waals surface area (Å²) in [5.74, 6) is -0.971. The zero-order valence-electron chi connectivity index (χ0n) is 8.55. The Bertz CT molecular complexity index is 139. The second-order valence-corrected chi connectivity index (χ2v) is 1.53. The van der Waals surface area contributed by atoms with Crippen molar-refractivity contribution in [1.82, 2.24) is 5.64 Å². The fraction of sp³-hybridized carbons (Fsp3) is 0.500. The molecular weight excluding hydrogens is 218 g/mol. The van der Waals surface area contributed by atoms with Crippen molar-refractivity contribution in [2.45, 2.75) is 12.8 Å². The van der Waals surface area contributed by atoms with Crippen molar-refractivity contribution < 1.29 is 19.3 Å². The van der Waals surface area contributed by atoms with Gasteiger partial charge in [-0.05, 0) is 0 Å². The van der Waals surface area contributed by atoms with Crippen LogP contribution in [0.15, 0.2) is 0 Å². The molecule has 1 saturated heterocycles. The van der Waals surface area contributed by atoms with Gasteiger partial charge in [-0.15, -0.1) is 0 Å². The molecule has 0 aromatic carbocycles. The van der Waals surface area contributed by atoms with E-state index in [1.807, 2.05) is 0 Å². The van der Waals surface area contributed by atoms with Crippen LogP contribution in [0.1, 0.15) is 12.8 Å². The topological polar surface area (TPSA) is 64.6 Å². The summed E-state index contributed by atoms with van der Waals surface area (Å²) >= 11 is 0. The van der Waals surface area contributed by atoms with Gasteiger partial charge in [-0.3, -0.25) is 9.59 Å². The molecule has 54 valence electrons. The minimum atomic E-state index is -0.485. The van der Waals surface area contributed by atoms with Crippen molar-refractivity contribution in [3.63, 3.8) is 0 Å². The van der Waals surface area contributed by atoms with Gasteiger partial charge in [0.2, 0.25) is 0 Å². The molecule has 0 spiro atoms. The van der Waals surface area contributed by atoms with Crippen LogP contribution in [0, 0.1) is 0 Å². The SMILES string of the molecule is O=C1CCC(=O)ONO1.[Na].[Na].[Na].[Na]. The van der Waals surface area contributed by atoms with E-state index in [0.717, 1.165) is 0 Å². The van der Waals surface area contributed by atoms with E-state index in [1.165, 1.54) is 0 Å². The number of rotatable bonds is 0. The summed E-state index contributed by atoms with van der Waals surface area (Å²) in [6.45, 7) is 0. The molecule has 0 aliphatic carbocycles. The number of carbonyl (C=O) groups excluding carboxylic acids is 2. The molecule has 1 aliphatic heterocycles. The first-order valence-electron chi connectivity index (χ1n) is 2.43. The maximum atomic E-state index is 10.3. The molecule has 13 heavy (non-hydrogen) atoms. The second kappa shape index (κ2) is 14.9. The minimum absolute atomic E-state index is 0. The monoisotopic (exact) mass is 223 g/mol. The fourth-order valence-electron chi connectivity index (χ4n) is 0.420. The third kappa shape index (κ3) is 12.8. The van der Waals surface area contributed by atoms with Crippen molar-refractivity contribution in [2.24, 2.45) is 0 Å². The predicted molar refractivity (Wildman–Crippen MR) is 47.6 cm³/mol. The summed E-state index contributed by atoms with van der Waals surface area (Å²) in [7, 11) is 0. The van der Waals surface area contributed by atoms with Crippen molar-refractivity contribution in [3.8, 4) is 0 Å². The molecule has 0 atom stereocenters. The summed E-state index contributed by atoms with van der Waals surface area (Å²) in [5, 5.41) is 0. The summed E-state index contributed by atoms with van der Waals surface area (Å²) in [6.07, 6.45) is 0.150. The molecule has 5 nitrogen and oxygen atoms in total. The van der Waals surface area contributed by atoms with E-state index >= 15 is 0 Å². The van der Waals surface area contributed by atoms with Gasteiger partial charge in [0.15, 0.2) is 0 Å². The Morgan fingerprint density at radius 1 is 0.846 bits per heavy atom. The maximum absolute atomic E-state index is 10.3. The molecule has 0 aromatic rings. The van der Waals surface area contributed by atoms with Crippen molar-refractivity contribution >= 4 is 130 Å². The van der Waals surface area contributed by atoms with Crippen LogP contribution in [-0.4, -0.2) is 130 Å². The van der Waals surface area contributed by atoms with Crippen LogP contribution >= 0.6 is 0 Å². The third-order valence-corrected chi connectivity index (χ3v) is 0.844. The normalized spacial score (nSPS) is 13.8. The van der Waals surface area contributed by atoms with E-state index in [-0.39, 0.29) is 131 Å². The first kappa shape index (κ1) is 24.9. The first-order valence-corrected chi connectivity index (χ1v) is 2.43. The van der Waals surface area contributed by atoms with Gasteiger partial charge in [-0.2, -0.15) is 0 Å². The Labute approximate surface area is 164 Å². The molecule has 1 aliphatic rings. The Kier molecular flexibility index (Phi) is 28.6. The molecule has 0 bridgehead atoms. The quantitative estimate of drug-likeness (QED) is 0.470. The van der Waals surface area contributed by atoms with Crippen LogP contribution < -0.4 is 5.64 Å². The van der Waals surface area contributed by atoms with E-state index in [4.69, 9.17) is 0 Å². The molecule has 0 aromatic heterocycles. The van der Waals surface area contributed by atoms with Crippen molar-refractivity contribution in [3.05, 3.63) is 0 Å². The van der Waals surface area contributed by atoms with Gasteiger partial charge in [0.1, 0.15) is 0 Å². The van der Waals surface area contributed by atoms with Gasteiger partial charge in [0.25, 0.3) is 0 Å². The average molecular weight is 223 g/mol. The smallest absolute Gasteiger partial charge is 0.329 e. The Balaban J connectivity index is -0.000000101. The Hall–Kier alpha value is 2.90. The summed E-state index contributed by atoms with van der Waals surface area (Å²) in [5.41, 5.74) is 1.75. The predicted octanol–water partition coefficient (Wildman–Crippen LogP) is -2.24. The summed E-state index contributed by atoms with van der Waals surface area (Å²) in [6, 6.07) is 0. The third-order valence-electron chi connectivity index (χ3n) is 0.844. The molecule has 1 heterocycles. The fourth-order valence-corrected chi connectivity index (χ4v) is 0.420. The second-order valence-electron chi connectivity index (χ2n) is 1.53. The maximum Gasteiger partial charge on any atom is 0.329 e. The van der Waals surface area contributed by atoms with Crippen molar-refractivity contribution in [1.29, 1.82) is 0 Å². The molecule has 0 saturated carbocycles. The van der Waals surface area contributed by atoms with E-state index < -0.39 is 11.9 Å². The zero-order valence-corrected chi connectivity index (χ0v) is 16.5. The van der Waals surface area contributed by atoms with E-state index in [0.29, 0.717) is 0 Å². The Morgan fingerprint density at radius 2 is 1.15 bits per heavy atom. The van der Waals surface area contributed by atoms with Crippen LogP contribution in [0.3, 0.4) is 0 Å². The van der Waals surface area contributed by atoms with Gasteiger partial charge in [0.05, 0.1) is 12.8 Å². The molecule has 0 unspecified atom stereocenters. The molecule has 9 heteroatoms. The standard InChI is InChI=1S/C4H5NO4.4Na/c6-3-1-2-4(7)9-5-8-3;;;;/h5H,1-2H2;;;;. The van der Waals surface area contributed by atoms with Crippen LogP contribution in [0.2, 0.25) is 0 Å². The minimum Gasteiger partial charge on any atom is -0.335 e. The summed E-state index contributed by atoms with van der Waals surface area (Å²) in [4.78, 5) is 28.9. The molecule has 1 N–H and O–H groups in total. The summed E-state index contributed by atoms with van der Waals surface area (Å²) < 4.78 is 0. The van der Waals surface area contributed by atoms with Gasteiger partial charge >= 0.3 is 11.9 Å².